The topological polar surface area (TPSA) is 166 Å². The number of nitrogens with zero attached hydrogens (tertiary/aromatic N) is 4. The number of carbonyl (C=O) groups is 2. The standard InChI is InChI=1S/C49H47N9O3/c1-25-16-31(53-45-19-28(4)52-37-12-13-38-49(48(37)45)51-24-50-38)8-11-36(25)58-46(59)14-9-34-29(5)41-21-33-17-26(2)39(54-33)20-32-18-27(3)40(55-32)22-42-30(6)35(10-15-47(60)61-7)44(57-42)23-43(34)56-41/h8,11-13,16-24,52-54,56H,9-10,14-15H2,1-7H3,(H,58,59). The number of aromatic amines is 3. The highest BCUT2D eigenvalue weighted by atomic mass is 16.5. The lowest BCUT2D eigenvalue weighted by Gasteiger charge is -2.14. The van der Waals surface area contributed by atoms with E-state index < -0.39 is 0 Å². The minimum absolute atomic E-state index is 0.0912. The second kappa shape index (κ2) is 15.7. The predicted molar refractivity (Wildman–Crippen MR) is 245 cm³/mol. The molecule has 5 N–H and O–H groups in total. The highest BCUT2D eigenvalue weighted by Crippen LogP contribution is 2.36. The van der Waals surface area contributed by atoms with E-state index in [0.717, 1.165) is 129 Å². The quantitative estimate of drug-likeness (QED) is 0.0899. The maximum atomic E-state index is 13.7. The fourth-order valence-corrected chi connectivity index (χ4v) is 8.44. The van der Waals surface area contributed by atoms with Crippen molar-refractivity contribution in [2.24, 2.45) is 0 Å². The molecule has 7 heterocycles. The summed E-state index contributed by atoms with van der Waals surface area (Å²) >= 11 is 0. The highest BCUT2D eigenvalue weighted by molar-refractivity contribution is 6.10. The molecule has 0 spiro atoms. The molecule has 9 rings (SSSR count). The third kappa shape index (κ3) is 7.68. The Morgan fingerprint density at radius 1 is 0.705 bits per heavy atom. The van der Waals surface area contributed by atoms with Crippen molar-refractivity contribution in [3.8, 4) is 0 Å². The molecule has 0 radical (unpaired) electrons. The minimum atomic E-state index is -0.279. The second-order valence-corrected chi connectivity index (χ2v) is 16.1. The van der Waals surface area contributed by atoms with Gasteiger partial charge in [-0.2, -0.15) is 0 Å². The average molecular weight is 810 g/mol. The molecule has 5 aromatic heterocycles. The van der Waals surface area contributed by atoms with Crippen molar-refractivity contribution in [2.45, 2.75) is 67.2 Å². The Morgan fingerprint density at radius 3 is 2.38 bits per heavy atom. The number of H-pyrrole nitrogens is 3. The zero-order valence-electron chi connectivity index (χ0n) is 35.3. The van der Waals surface area contributed by atoms with E-state index in [1.54, 1.807) is 6.33 Å². The number of aryl methyl sites for hydroxylation is 5. The summed E-state index contributed by atoms with van der Waals surface area (Å²) in [7, 11) is 1.41. The number of allylic oxidation sites excluding steroid dienone is 3. The van der Waals surface area contributed by atoms with Gasteiger partial charge in [-0.05, 0) is 166 Å². The average Bonchev–Trinajstić information content (AvgIpc) is 4.04. The molecule has 7 aromatic rings. The molecule has 0 saturated carbocycles. The maximum Gasteiger partial charge on any atom is 0.305 e. The molecule has 0 saturated heterocycles. The summed E-state index contributed by atoms with van der Waals surface area (Å²) in [6.45, 7) is 12.3. The number of esters is 1. The molecule has 2 aliphatic rings. The summed E-state index contributed by atoms with van der Waals surface area (Å²) in [5.41, 5.74) is 20.3. The van der Waals surface area contributed by atoms with Crippen LogP contribution >= 0.6 is 0 Å². The van der Waals surface area contributed by atoms with Crippen LogP contribution in [0.1, 0.15) is 83.8 Å². The van der Waals surface area contributed by atoms with Crippen LogP contribution in [0.2, 0.25) is 0 Å². The van der Waals surface area contributed by atoms with E-state index in [-0.39, 0.29) is 24.7 Å². The van der Waals surface area contributed by atoms with E-state index in [4.69, 9.17) is 14.7 Å². The Kier molecular flexibility index (Phi) is 10.1. The molecule has 12 heteroatoms. The van der Waals surface area contributed by atoms with E-state index >= 15 is 0 Å². The number of carbonyl (C=O) groups excluding carboxylic acids is 2. The van der Waals surface area contributed by atoms with Crippen molar-refractivity contribution in [1.29, 1.82) is 0 Å². The van der Waals surface area contributed by atoms with Crippen molar-refractivity contribution >= 4 is 95.7 Å². The largest absolute Gasteiger partial charge is 0.469 e. The van der Waals surface area contributed by atoms with Gasteiger partial charge < -0.3 is 30.3 Å². The Hall–Kier alpha value is -7.34. The smallest absolute Gasteiger partial charge is 0.305 e. The Balaban J connectivity index is 1.04. The molecule has 0 aliphatic carbocycles. The number of hydrogen-bond acceptors (Lipinski definition) is 8. The van der Waals surface area contributed by atoms with Crippen LogP contribution in [0, 0.1) is 27.7 Å². The van der Waals surface area contributed by atoms with E-state index in [0.29, 0.717) is 12.8 Å². The summed E-state index contributed by atoms with van der Waals surface area (Å²) < 4.78 is 5.01. The Bertz CT molecular complexity index is 3200. The molecule has 8 bridgehead atoms. The SMILES string of the molecule is COC(=O)CCC1=C(C)c2cc3nc(cc4[nH]c(cc4C)cc4[nH]c(cc1n2)c(CCC(=O)Nc1ccc(Nc2cc(C)[nH]c5ccc6ncnc6c25)cc1C)c4C)C=C3C. The fourth-order valence-electron chi connectivity index (χ4n) is 8.44. The highest BCUT2D eigenvalue weighted by Gasteiger charge is 2.21. The first-order chi connectivity index (χ1) is 29.4. The summed E-state index contributed by atoms with van der Waals surface area (Å²) in [4.78, 5) is 55.8. The van der Waals surface area contributed by atoms with Crippen LogP contribution in [0.3, 0.4) is 0 Å². The van der Waals surface area contributed by atoms with Crippen LogP contribution in [-0.4, -0.2) is 53.9 Å². The number of amides is 1. The first-order valence-electron chi connectivity index (χ1n) is 20.5. The van der Waals surface area contributed by atoms with E-state index in [1.807, 2.05) is 57.2 Å². The maximum absolute atomic E-state index is 13.7. The number of methoxy groups -OCH3 is 1. The van der Waals surface area contributed by atoms with Gasteiger partial charge in [-0.3, -0.25) is 9.59 Å². The number of aromatic nitrogens is 7. The molecule has 306 valence electrons. The van der Waals surface area contributed by atoms with Crippen molar-refractivity contribution in [1.82, 2.24) is 34.9 Å². The molecule has 1 amide bonds. The van der Waals surface area contributed by atoms with Crippen LogP contribution < -0.4 is 10.6 Å². The lowest BCUT2D eigenvalue weighted by molar-refractivity contribution is -0.140. The fraction of sp³-hybridized carbons (Fsp3) is 0.224. The van der Waals surface area contributed by atoms with Crippen LogP contribution in [0.5, 0.6) is 0 Å². The zero-order chi connectivity index (χ0) is 42.5. The monoisotopic (exact) mass is 809 g/mol. The lowest BCUT2D eigenvalue weighted by atomic mass is 10.00. The number of ether oxygens (including phenoxy) is 1. The van der Waals surface area contributed by atoms with Crippen LogP contribution in [0.25, 0.3) is 66.8 Å². The molecule has 0 unspecified atom stereocenters. The molecule has 2 aliphatic heterocycles. The van der Waals surface area contributed by atoms with Crippen LogP contribution in [0.15, 0.2) is 73.1 Å². The van der Waals surface area contributed by atoms with Gasteiger partial charge in [0, 0.05) is 62.9 Å². The molecular weight excluding hydrogens is 763 g/mol. The van der Waals surface area contributed by atoms with Gasteiger partial charge in [0.2, 0.25) is 5.91 Å². The van der Waals surface area contributed by atoms with Crippen molar-refractivity contribution in [2.75, 3.05) is 17.7 Å². The van der Waals surface area contributed by atoms with Crippen molar-refractivity contribution in [3.05, 3.63) is 124 Å². The van der Waals surface area contributed by atoms with Gasteiger partial charge in [0.15, 0.2) is 0 Å². The van der Waals surface area contributed by atoms with Gasteiger partial charge in [0.25, 0.3) is 0 Å². The first-order valence-corrected chi connectivity index (χ1v) is 20.5. The molecule has 2 aromatic carbocycles. The molecule has 61 heavy (non-hydrogen) atoms. The third-order valence-electron chi connectivity index (χ3n) is 11.8. The normalized spacial score (nSPS) is 12.6. The number of imidazole rings is 1. The van der Waals surface area contributed by atoms with Crippen molar-refractivity contribution < 1.29 is 14.3 Å². The summed E-state index contributed by atoms with van der Waals surface area (Å²) in [6, 6.07) is 22.4. The number of rotatable bonds is 9. The lowest BCUT2D eigenvalue weighted by Crippen LogP contribution is -2.13. The Morgan fingerprint density at radius 2 is 1.56 bits per heavy atom. The van der Waals surface area contributed by atoms with Crippen LogP contribution in [-0.2, 0) is 20.7 Å². The Labute approximate surface area is 352 Å². The minimum Gasteiger partial charge on any atom is -0.469 e. The first kappa shape index (κ1) is 39.1. The second-order valence-electron chi connectivity index (χ2n) is 16.1. The summed E-state index contributed by atoms with van der Waals surface area (Å²) in [5.74, 6) is -0.370. The number of pyridine rings is 1. The van der Waals surface area contributed by atoms with Crippen LogP contribution in [0.4, 0.5) is 17.1 Å². The van der Waals surface area contributed by atoms with Gasteiger partial charge >= 0.3 is 5.97 Å². The molecule has 0 atom stereocenters. The van der Waals surface area contributed by atoms with Gasteiger partial charge in [-0.25, -0.2) is 19.9 Å². The predicted octanol–water partition coefficient (Wildman–Crippen LogP) is 10.7. The summed E-state index contributed by atoms with van der Waals surface area (Å²) in [5, 5.41) is 7.72. The van der Waals surface area contributed by atoms with Gasteiger partial charge in [-0.1, -0.05) is 0 Å². The third-order valence-corrected chi connectivity index (χ3v) is 11.8. The van der Waals surface area contributed by atoms with Gasteiger partial charge in [0.05, 0.1) is 41.1 Å². The van der Waals surface area contributed by atoms with Crippen molar-refractivity contribution in [3.63, 3.8) is 0 Å². The van der Waals surface area contributed by atoms with Gasteiger partial charge in [0.1, 0.15) is 11.8 Å². The number of fused-ring (bicyclic) bond motifs is 11. The number of nitrogens with one attached hydrogen (secondary N) is 5. The molecule has 12 nitrogen and oxygen atoms in total. The number of anilines is 3. The summed E-state index contributed by atoms with van der Waals surface area (Å²) in [6.07, 6.45) is 5.11. The number of benzene rings is 2. The van der Waals surface area contributed by atoms with E-state index in [9.17, 15) is 9.59 Å². The zero-order valence-corrected chi connectivity index (χ0v) is 35.3. The van der Waals surface area contributed by atoms with E-state index in [2.05, 4.69) is 92.7 Å². The van der Waals surface area contributed by atoms with Gasteiger partial charge in [-0.15, -0.1) is 0 Å². The number of hydrogen-bond donors (Lipinski definition) is 5. The van der Waals surface area contributed by atoms with E-state index in [1.165, 1.54) is 7.11 Å². The molecular formula is C49H47N9O3. The molecule has 0 fully saturated rings.